The minimum absolute atomic E-state index is 0.101. The van der Waals surface area contributed by atoms with Crippen LogP contribution in [0.4, 0.5) is 0 Å². The van der Waals surface area contributed by atoms with Gasteiger partial charge in [-0.05, 0) is 25.5 Å². The maximum atomic E-state index is 11.5. The fourth-order valence-electron chi connectivity index (χ4n) is 1.04. The second kappa shape index (κ2) is 4.56. The summed E-state index contributed by atoms with van der Waals surface area (Å²) >= 11 is 0. The summed E-state index contributed by atoms with van der Waals surface area (Å²) in [4.78, 5) is 15.5. The van der Waals surface area contributed by atoms with Crippen LogP contribution in [-0.2, 0) is 0 Å². The highest BCUT2D eigenvalue weighted by Crippen LogP contribution is 2.03. The van der Waals surface area contributed by atoms with Gasteiger partial charge in [0.05, 0.1) is 5.56 Å². The highest BCUT2D eigenvalue weighted by Gasteiger charge is 2.06. The van der Waals surface area contributed by atoms with E-state index in [4.69, 9.17) is 0 Å². The van der Waals surface area contributed by atoms with E-state index in [1.54, 1.807) is 24.5 Å². The van der Waals surface area contributed by atoms with E-state index in [-0.39, 0.29) is 11.9 Å². The molecule has 0 aromatic carbocycles. The van der Waals surface area contributed by atoms with E-state index < -0.39 is 0 Å². The number of carbonyl (C=O) groups excluding carboxylic acids is 1. The van der Waals surface area contributed by atoms with Gasteiger partial charge in [0.2, 0.25) is 0 Å². The maximum absolute atomic E-state index is 11.5. The Morgan fingerprint density at radius 3 is 2.86 bits per heavy atom. The van der Waals surface area contributed by atoms with Crippen LogP contribution in [0.2, 0.25) is 0 Å². The van der Waals surface area contributed by atoms with Gasteiger partial charge in [0.1, 0.15) is 0 Å². The van der Waals surface area contributed by atoms with Crippen molar-refractivity contribution in [2.45, 2.75) is 19.9 Å². The van der Waals surface area contributed by atoms with Crippen LogP contribution in [0.3, 0.4) is 0 Å². The Labute approximate surface area is 83.9 Å². The standard InChI is InChI=1S/C11H14N2O/c1-4-9-5-10(7-12-6-9)11(14)13-8(2)3/h4-8H,1H2,2-3H3,(H,13,14). The first-order chi connectivity index (χ1) is 6.63. The van der Waals surface area contributed by atoms with Gasteiger partial charge in [-0.15, -0.1) is 0 Å². The number of rotatable bonds is 3. The molecule has 3 nitrogen and oxygen atoms in total. The van der Waals surface area contributed by atoms with Crippen LogP contribution in [0.1, 0.15) is 29.8 Å². The van der Waals surface area contributed by atoms with Gasteiger partial charge >= 0.3 is 0 Å². The summed E-state index contributed by atoms with van der Waals surface area (Å²) in [5.41, 5.74) is 1.41. The molecule has 74 valence electrons. The number of pyridine rings is 1. The zero-order valence-corrected chi connectivity index (χ0v) is 8.45. The van der Waals surface area contributed by atoms with Gasteiger partial charge < -0.3 is 5.32 Å². The summed E-state index contributed by atoms with van der Waals surface area (Å²) in [6, 6.07) is 1.90. The molecule has 0 saturated heterocycles. The van der Waals surface area contributed by atoms with E-state index in [0.717, 1.165) is 5.56 Å². The second-order valence-electron chi connectivity index (χ2n) is 3.34. The van der Waals surface area contributed by atoms with Crippen molar-refractivity contribution < 1.29 is 4.79 Å². The Morgan fingerprint density at radius 2 is 2.29 bits per heavy atom. The van der Waals surface area contributed by atoms with E-state index in [0.29, 0.717) is 5.56 Å². The Morgan fingerprint density at radius 1 is 1.57 bits per heavy atom. The van der Waals surface area contributed by atoms with E-state index in [9.17, 15) is 4.79 Å². The molecule has 0 bridgehead atoms. The highest BCUT2D eigenvalue weighted by molar-refractivity contribution is 5.94. The van der Waals surface area contributed by atoms with Gasteiger partial charge in [-0.1, -0.05) is 12.7 Å². The van der Waals surface area contributed by atoms with Crippen molar-refractivity contribution in [3.63, 3.8) is 0 Å². The number of hydrogen-bond acceptors (Lipinski definition) is 2. The molecule has 1 aromatic heterocycles. The molecule has 1 amide bonds. The molecular formula is C11H14N2O. The largest absolute Gasteiger partial charge is 0.350 e. The third-order valence-electron chi connectivity index (χ3n) is 1.68. The molecule has 1 heterocycles. The molecule has 14 heavy (non-hydrogen) atoms. The van der Waals surface area contributed by atoms with E-state index in [1.165, 1.54) is 0 Å². The maximum Gasteiger partial charge on any atom is 0.253 e. The third-order valence-corrected chi connectivity index (χ3v) is 1.68. The van der Waals surface area contributed by atoms with Crippen LogP contribution in [-0.4, -0.2) is 16.9 Å². The summed E-state index contributed by atoms with van der Waals surface area (Å²) < 4.78 is 0. The summed E-state index contributed by atoms with van der Waals surface area (Å²) in [5.74, 6) is -0.101. The van der Waals surface area contributed by atoms with Crippen LogP contribution in [0.5, 0.6) is 0 Å². The minimum atomic E-state index is -0.101. The summed E-state index contributed by atoms with van der Waals surface area (Å²) in [7, 11) is 0. The van der Waals surface area contributed by atoms with Crippen molar-refractivity contribution in [2.75, 3.05) is 0 Å². The summed E-state index contributed by atoms with van der Waals surface area (Å²) in [6.45, 7) is 7.46. The average Bonchev–Trinajstić information content (AvgIpc) is 2.17. The SMILES string of the molecule is C=Cc1cncc(C(=O)NC(C)C)c1. The predicted octanol–water partition coefficient (Wildman–Crippen LogP) is 1.86. The van der Waals surface area contributed by atoms with Crippen LogP contribution in [0.25, 0.3) is 6.08 Å². The zero-order valence-electron chi connectivity index (χ0n) is 8.45. The highest BCUT2D eigenvalue weighted by atomic mass is 16.1. The minimum Gasteiger partial charge on any atom is -0.350 e. The van der Waals surface area contributed by atoms with Gasteiger partial charge in [-0.3, -0.25) is 9.78 Å². The molecule has 1 rings (SSSR count). The molecular weight excluding hydrogens is 176 g/mol. The van der Waals surface area contributed by atoms with Gasteiger partial charge in [-0.25, -0.2) is 0 Å². The summed E-state index contributed by atoms with van der Waals surface area (Å²) in [6.07, 6.45) is 4.88. The van der Waals surface area contributed by atoms with Gasteiger partial charge in [0.25, 0.3) is 5.91 Å². The normalized spacial score (nSPS) is 9.93. The lowest BCUT2D eigenvalue weighted by Crippen LogP contribution is -2.30. The van der Waals surface area contributed by atoms with Crippen LogP contribution >= 0.6 is 0 Å². The number of amides is 1. The van der Waals surface area contributed by atoms with Crippen molar-refractivity contribution in [3.05, 3.63) is 36.2 Å². The zero-order chi connectivity index (χ0) is 10.6. The lowest BCUT2D eigenvalue weighted by atomic mass is 10.2. The van der Waals surface area contributed by atoms with Crippen molar-refractivity contribution >= 4 is 12.0 Å². The number of carbonyl (C=O) groups is 1. The number of hydrogen-bond donors (Lipinski definition) is 1. The Hall–Kier alpha value is -1.64. The molecule has 1 N–H and O–H groups in total. The Balaban J connectivity index is 2.84. The van der Waals surface area contributed by atoms with E-state index in [1.807, 2.05) is 13.8 Å². The van der Waals surface area contributed by atoms with Crippen LogP contribution < -0.4 is 5.32 Å². The molecule has 0 unspecified atom stereocenters. The molecule has 0 aliphatic carbocycles. The molecule has 0 spiro atoms. The first kappa shape index (κ1) is 10.4. The molecule has 0 aliphatic rings. The molecule has 3 heteroatoms. The Bertz CT molecular complexity index is 345. The van der Waals surface area contributed by atoms with Crippen molar-refractivity contribution in [1.82, 2.24) is 10.3 Å². The van der Waals surface area contributed by atoms with Gasteiger partial charge in [0.15, 0.2) is 0 Å². The first-order valence-corrected chi connectivity index (χ1v) is 4.52. The predicted molar refractivity (Wildman–Crippen MR) is 56.9 cm³/mol. The van der Waals surface area contributed by atoms with Gasteiger partial charge in [0, 0.05) is 18.4 Å². The molecule has 0 radical (unpaired) electrons. The fraction of sp³-hybridized carbons (Fsp3) is 0.273. The van der Waals surface area contributed by atoms with Crippen LogP contribution in [0, 0.1) is 0 Å². The fourth-order valence-corrected chi connectivity index (χ4v) is 1.04. The number of aromatic nitrogens is 1. The van der Waals surface area contributed by atoms with Gasteiger partial charge in [-0.2, -0.15) is 0 Å². The lowest BCUT2D eigenvalue weighted by molar-refractivity contribution is 0.0942. The number of nitrogens with one attached hydrogen (secondary N) is 1. The molecule has 0 aliphatic heterocycles. The third kappa shape index (κ3) is 2.69. The smallest absolute Gasteiger partial charge is 0.253 e. The molecule has 0 saturated carbocycles. The van der Waals surface area contributed by atoms with Crippen molar-refractivity contribution in [1.29, 1.82) is 0 Å². The monoisotopic (exact) mass is 190 g/mol. The Kier molecular flexibility index (Phi) is 3.40. The lowest BCUT2D eigenvalue weighted by Gasteiger charge is -2.07. The quantitative estimate of drug-likeness (QED) is 0.790. The molecule has 0 fully saturated rings. The van der Waals surface area contributed by atoms with E-state index >= 15 is 0 Å². The number of nitrogens with zero attached hydrogens (tertiary/aromatic N) is 1. The topological polar surface area (TPSA) is 42.0 Å². The molecule has 0 atom stereocenters. The average molecular weight is 190 g/mol. The van der Waals surface area contributed by atoms with Crippen LogP contribution in [0.15, 0.2) is 25.0 Å². The van der Waals surface area contributed by atoms with Crippen molar-refractivity contribution in [3.8, 4) is 0 Å². The second-order valence-corrected chi connectivity index (χ2v) is 3.34. The first-order valence-electron chi connectivity index (χ1n) is 4.52. The summed E-state index contributed by atoms with van der Waals surface area (Å²) in [5, 5.41) is 2.80. The molecule has 1 aromatic rings. The van der Waals surface area contributed by atoms with Crippen molar-refractivity contribution in [2.24, 2.45) is 0 Å². The van der Waals surface area contributed by atoms with E-state index in [2.05, 4.69) is 16.9 Å².